The molecule has 3 aromatic carbocycles. The van der Waals surface area contributed by atoms with Crippen LogP contribution < -0.4 is 14.8 Å². The highest BCUT2D eigenvalue weighted by Crippen LogP contribution is 2.18. The first-order valence-electron chi connectivity index (χ1n) is 11.4. The van der Waals surface area contributed by atoms with E-state index in [1.165, 1.54) is 0 Å². The molecule has 0 unspecified atom stereocenters. The van der Waals surface area contributed by atoms with Crippen molar-refractivity contribution in [2.75, 3.05) is 51.8 Å². The molecule has 1 fully saturated rings. The Morgan fingerprint density at radius 1 is 0.765 bits per heavy atom. The number of para-hydroxylation sites is 1. The van der Waals surface area contributed by atoms with E-state index in [1.807, 2.05) is 35.2 Å². The molecule has 7 nitrogen and oxygen atoms in total. The van der Waals surface area contributed by atoms with E-state index in [-0.39, 0.29) is 11.8 Å². The summed E-state index contributed by atoms with van der Waals surface area (Å²) >= 11 is 0. The summed E-state index contributed by atoms with van der Waals surface area (Å²) in [5, 5.41) is 2.88. The lowest BCUT2D eigenvalue weighted by molar-refractivity contribution is 0.0664. The maximum absolute atomic E-state index is 12.8. The highest BCUT2D eigenvalue weighted by atomic mass is 16.5. The number of nitrogens with zero attached hydrogens (tertiary/aromatic N) is 2. The molecule has 0 atom stereocenters. The average Bonchev–Trinajstić information content (AvgIpc) is 2.88. The van der Waals surface area contributed by atoms with Crippen LogP contribution in [0, 0.1) is 0 Å². The first-order valence-corrected chi connectivity index (χ1v) is 11.4. The fraction of sp³-hybridized carbons (Fsp3) is 0.259. The van der Waals surface area contributed by atoms with Crippen LogP contribution in [0.3, 0.4) is 0 Å². The van der Waals surface area contributed by atoms with Gasteiger partial charge >= 0.3 is 0 Å². The van der Waals surface area contributed by atoms with Crippen LogP contribution in [-0.4, -0.2) is 68.1 Å². The molecule has 4 rings (SSSR count). The van der Waals surface area contributed by atoms with Crippen molar-refractivity contribution in [2.45, 2.75) is 0 Å². The third-order valence-electron chi connectivity index (χ3n) is 5.62. The van der Waals surface area contributed by atoms with E-state index in [0.717, 1.165) is 18.8 Å². The number of anilines is 1. The first kappa shape index (κ1) is 23.3. The smallest absolute Gasteiger partial charge is 0.255 e. The quantitative estimate of drug-likeness (QED) is 0.519. The van der Waals surface area contributed by atoms with Crippen LogP contribution >= 0.6 is 0 Å². The highest BCUT2D eigenvalue weighted by Gasteiger charge is 2.20. The van der Waals surface area contributed by atoms with Gasteiger partial charge < -0.3 is 24.6 Å². The van der Waals surface area contributed by atoms with Crippen molar-refractivity contribution < 1.29 is 19.1 Å². The minimum absolute atomic E-state index is 0.0164. The van der Waals surface area contributed by atoms with Crippen LogP contribution in [-0.2, 0) is 0 Å². The van der Waals surface area contributed by atoms with Crippen LogP contribution in [0.4, 0.5) is 5.69 Å². The second-order valence-electron chi connectivity index (χ2n) is 8.17. The zero-order chi connectivity index (χ0) is 23.8. The summed E-state index contributed by atoms with van der Waals surface area (Å²) in [7, 11) is 2.05. The lowest BCUT2D eigenvalue weighted by Crippen LogP contribution is -2.47. The van der Waals surface area contributed by atoms with Crippen LogP contribution in [0.1, 0.15) is 20.7 Å². The van der Waals surface area contributed by atoms with E-state index < -0.39 is 0 Å². The molecule has 0 saturated carbocycles. The van der Waals surface area contributed by atoms with Crippen molar-refractivity contribution >= 4 is 17.5 Å². The van der Waals surface area contributed by atoms with Crippen molar-refractivity contribution in [1.29, 1.82) is 0 Å². The van der Waals surface area contributed by atoms with Gasteiger partial charge in [0.1, 0.15) is 24.7 Å². The number of hydrogen-bond acceptors (Lipinski definition) is 5. The molecule has 1 aliphatic rings. The first-order chi connectivity index (χ1) is 16.6. The third-order valence-corrected chi connectivity index (χ3v) is 5.62. The summed E-state index contributed by atoms with van der Waals surface area (Å²) in [5.74, 6) is 1.09. The number of likely N-dealkylation sites (N-methyl/N-ethyl adjacent to an activating group) is 1. The number of carbonyl (C=O) groups is 2. The molecule has 0 aromatic heterocycles. The number of benzene rings is 3. The van der Waals surface area contributed by atoms with E-state index in [9.17, 15) is 9.59 Å². The topological polar surface area (TPSA) is 71.1 Å². The summed E-state index contributed by atoms with van der Waals surface area (Å²) in [6, 6.07) is 23.6. The largest absolute Gasteiger partial charge is 0.490 e. The van der Waals surface area contributed by atoms with Gasteiger partial charge in [0.2, 0.25) is 0 Å². The predicted octanol–water partition coefficient (Wildman–Crippen LogP) is 3.78. The summed E-state index contributed by atoms with van der Waals surface area (Å²) in [5.41, 5.74) is 1.61. The molecule has 1 N–H and O–H groups in total. The zero-order valence-electron chi connectivity index (χ0n) is 19.3. The van der Waals surface area contributed by atoms with Gasteiger partial charge in [-0.15, -0.1) is 0 Å². The van der Waals surface area contributed by atoms with Crippen LogP contribution in [0.2, 0.25) is 0 Å². The molecule has 1 saturated heterocycles. The van der Waals surface area contributed by atoms with Crippen molar-refractivity contribution in [3.63, 3.8) is 0 Å². The van der Waals surface area contributed by atoms with E-state index in [4.69, 9.17) is 9.47 Å². The lowest BCUT2D eigenvalue weighted by atomic mass is 10.1. The van der Waals surface area contributed by atoms with Gasteiger partial charge in [0.05, 0.1) is 0 Å². The summed E-state index contributed by atoms with van der Waals surface area (Å²) in [6.45, 7) is 3.88. The Morgan fingerprint density at radius 2 is 1.41 bits per heavy atom. The molecule has 176 valence electrons. The van der Waals surface area contributed by atoms with Crippen LogP contribution in [0.25, 0.3) is 0 Å². The fourth-order valence-electron chi connectivity index (χ4n) is 3.69. The molecule has 1 heterocycles. The van der Waals surface area contributed by atoms with Crippen molar-refractivity contribution in [2.24, 2.45) is 0 Å². The van der Waals surface area contributed by atoms with Gasteiger partial charge in [-0.3, -0.25) is 9.59 Å². The molecular formula is C27H29N3O4. The summed E-state index contributed by atoms with van der Waals surface area (Å²) in [6.07, 6.45) is 0. The average molecular weight is 460 g/mol. The van der Waals surface area contributed by atoms with Gasteiger partial charge in [0, 0.05) is 43.0 Å². The summed E-state index contributed by atoms with van der Waals surface area (Å²) < 4.78 is 11.4. The van der Waals surface area contributed by atoms with Crippen LogP contribution in [0.15, 0.2) is 78.9 Å². The molecule has 0 bridgehead atoms. The van der Waals surface area contributed by atoms with E-state index in [2.05, 4.69) is 17.3 Å². The Kier molecular flexibility index (Phi) is 7.78. The van der Waals surface area contributed by atoms with Crippen molar-refractivity contribution in [1.82, 2.24) is 9.80 Å². The monoisotopic (exact) mass is 459 g/mol. The molecule has 2 amide bonds. The molecular weight excluding hydrogens is 430 g/mol. The van der Waals surface area contributed by atoms with Gasteiger partial charge in [0.25, 0.3) is 11.8 Å². The highest BCUT2D eigenvalue weighted by molar-refractivity contribution is 6.05. The molecule has 1 aliphatic heterocycles. The lowest BCUT2D eigenvalue weighted by Gasteiger charge is -2.32. The Labute approximate surface area is 199 Å². The van der Waals surface area contributed by atoms with E-state index in [1.54, 1.807) is 48.5 Å². The number of amides is 2. The zero-order valence-corrected chi connectivity index (χ0v) is 19.3. The number of ether oxygens (including phenoxy) is 2. The molecule has 0 aliphatic carbocycles. The second kappa shape index (κ2) is 11.3. The molecule has 0 spiro atoms. The van der Waals surface area contributed by atoms with Gasteiger partial charge in [-0.05, 0) is 55.6 Å². The Hall–Kier alpha value is -3.84. The number of rotatable bonds is 8. The van der Waals surface area contributed by atoms with Crippen molar-refractivity contribution in [3.05, 3.63) is 90.0 Å². The molecule has 7 heteroatoms. The van der Waals surface area contributed by atoms with Gasteiger partial charge in [0.15, 0.2) is 0 Å². The summed E-state index contributed by atoms with van der Waals surface area (Å²) in [4.78, 5) is 29.7. The number of carbonyl (C=O) groups excluding carboxylic acids is 2. The number of piperazine rings is 1. The SMILES string of the molecule is CN1CCN(C(=O)c2cccc(NC(=O)c3cccc(OCCOc4ccccc4)c3)c2)CC1. The number of nitrogens with one attached hydrogen (secondary N) is 1. The van der Waals surface area contributed by atoms with Gasteiger partial charge in [-0.1, -0.05) is 30.3 Å². The van der Waals surface area contributed by atoms with E-state index in [0.29, 0.717) is 48.9 Å². The fourth-order valence-corrected chi connectivity index (χ4v) is 3.69. The van der Waals surface area contributed by atoms with Crippen molar-refractivity contribution in [3.8, 4) is 11.5 Å². The Bertz CT molecular complexity index is 1110. The Balaban J connectivity index is 1.32. The third kappa shape index (κ3) is 6.36. The predicted molar refractivity (Wildman–Crippen MR) is 132 cm³/mol. The molecule has 3 aromatic rings. The Morgan fingerprint density at radius 3 is 2.18 bits per heavy atom. The maximum atomic E-state index is 12.8. The van der Waals surface area contributed by atoms with Gasteiger partial charge in [-0.25, -0.2) is 0 Å². The normalized spacial score (nSPS) is 13.9. The maximum Gasteiger partial charge on any atom is 0.255 e. The second-order valence-corrected chi connectivity index (χ2v) is 8.17. The minimum Gasteiger partial charge on any atom is -0.490 e. The standard InChI is InChI=1S/C27H29N3O4/c1-29-13-15-30(16-14-29)27(32)22-8-5-9-23(19-22)28-26(31)21-7-6-12-25(20-21)34-18-17-33-24-10-3-2-4-11-24/h2-12,19-20H,13-18H2,1H3,(H,28,31). The molecule has 0 radical (unpaired) electrons. The minimum atomic E-state index is -0.268. The molecule has 34 heavy (non-hydrogen) atoms. The number of hydrogen-bond donors (Lipinski definition) is 1. The van der Waals surface area contributed by atoms with E-state index >= 15 is 0 Å². The van der Waals surface area contributed by atoms with Crippen LogP contribution in [0.5, 0.6) is 11.5 Å². The van der Waals surface area contributed by atoms with Gasteiger partial charge in [-0.2, -0.15) is 0 Å².